The SMILES string of the molecule is CCc1c(-c2ccc(OCc3ccccc3)cc2)c2c(COC)cc3c(OCc4ccccc4)ccc1n32. The Balaban J connectivity index is 1.38. The lowest BCUT2D eigenvalue weighted by Gasteiger charge is -2.10. The zero-order chi connectivity index (χ0) is 25.9. The van der Waals surface area contributed by atoms with Gasteiger partial charge in [-0.15, -0.1) is 0 Å². The normalized spacial score (nSPS) is 11.4. The molecule has 0 fully saturated rings. The molecule has 0 aliphatic heterocycles. The van der Waals surface area contributed by atoms with Crippen LogP contribution in [0.4, 0.5) is 0 Å². The van der Waals surface area contributed by atoms with Crippen LogP contribution in [0.3, 0.4) is 0 Å². The molecule has 6 aromatic rings. The second kappa shape index (κ2) is 10.6. The molecular formula is C34H31NO3. The van der Waals surface area contributed by atoms with Crippen LogP contribution < -0.4 is 9.47 Å². The molecule has 0 saturated heterocycles. The van der Waals surface area contributed by atoms with E-state index in [1.807, 2.05) is 36.4 Å². The maximum absolute atomic E-state index is 6.33. The van der Waals surface area contributed by atoms with Gasteiger partial charge in [0.05, 0.1) is 23.2 Å². The summed E-state index contributed by atoms with van der Waals surface area (Å²) in [7, 11) is 1.75. The fourth-order valence-corrected chi connectivity index (χ4v) is 5.34. The van der Waals surface area contributed by atoms with Gasteiger partial charge in [-0.1, -0.05) is 79.7 Å². The first-order valence-corrected chi connectivity index (χ1v) is 13.1. The number of ether oxygens (including phenoxy) is 3. The lowest BCUT2D eigenvalue weighted by molar-refractivity contribution is 0.186. The average Bonchev–Trinajstić information content (AvgIpc) is 3.51. The molecule has 0 amide bonds. The summed E-state index contributed by atoms with van der Waals surface area (Å²) in [5, 5.41) is 0. The maximum atomic E-state index is 6.33. The molecule has 0 radical (unpaired) electrons. The van der Waals surface area contributed by atoms with Crippen LogP contribution in [0.25, 0.3) is 27.7 Å². The van der Waals surface area contributed by atoms with Gasteiger partial charge in [-0.25, -0.2) is 0 Å². The van der Waals surface area contributed by atoms with Gasteiger partial charge in [0.25, 0.3) is 0 Å². The molecule has 0 spiro atoms. The highest BCUT2D eigenvalue weighted by molar-refractivity contribution is 5.98. The van der Waals surface area contributed by atoms with Crippen molar-refractivity contribution < 1.29 is 14.2 Å². The van der Waals surface area contributed by atoms with Crippen molar-refractivity contribution in [2.45, 2.75) is 33.2 Å². The predicted molar refractivity (Wildman–Crippen MR) is 153 cm³/mol. The summed E-state index contributed by atoms with van der Waals surface area (Å²) in [5.74, 6) is 1.74. The van der Waals surface area contributed by atoms with Crippen molar-refractivity contribution in [3.63, 3.8) is 0 Å². The Morgan fingerprint density at radius 3 is 1.95 bits per heavy atom. The van der Waals surface area contributed by atoms with Gasteiger partial charge in [-0.3, -0.25) is 0 Å². The number of methoxy groups -OCH3 is 1. The highest BCUT2D eigenvalue weighted by Gasteiger charge is 2.23. The summed E-state index contributed by atoms with van der Waals surface area (Å²) in [5.41, 5.74) is 10.7. The Kier molecular flexibility index (Phi) is 6.72. The Hall–Kier alpha value is -4.28. The van der Waals surface area contributed by atoms with Crippen LogP contribution in [0.5, 0.6) is 11.5 Å². The number of benzene rings is 3. The van der Waals surface area contributed by atoms with Gasteiger partial charge >= 0.3 is 0 Å². The van der Waals surface area contributed by atoms with Crippen molar-refractivity contribution in [2.75, 3.05) is 7.11 Å². The second-order valence-corrected chi connectivity index (χ2v) is 9.53. The number of hydrogen-bond donors (Lipinski definition) is 0. The Bertz CT molecular complexity index is 1640. The topological polar surface area (TPSA) is 32.1 Å². The van der Waals surface area contributed by atoms with E-state index in [0.29, 0.717) is 19.8 Å². The van der Waals surface area contributed by atoms with E-state index in [9.17, 15) is 0 Å². The van der Waals surface area contributed by atoms with Gasteiger partial charge in [-0.05, 0) is 59.0 Å². The smallest absolute Gasteiger partial charge is 0.143 e. The predicted octanol–water partition coefficient (Wildman–Crippen LogP) is 8.06. The molecule has 0 aliphatic carbocycles. The molecule has 190 valence electrons. The van der Waals surface area contributed by atoms with Gasteiger partial charge < -0.3 is 18.6 Å². The molecular weight excluding hydrogens is 470 g/mol. The third-order valence-corrected chi connectivity index (χ3v) is 7.10. The van der Waals surface area contributed by atoms with Crippen LogP contribution in [0.1, 0.15) is 29.2 Å². The monoisotopic (exact) mass is 501 g/mol. The van der Waals surface area contributed by atoms with Crippen LogP contribution >= 0.6 is 0 Å². The summed E-state index contributed by atoms with van der Waals surface area (Å²) >= 11 is 0. The van der Waals surface area contributed by atoms with E-state index in [2.05, 4.69) is 78.1 Å². The molecule has 0 N–H and O–H groups in total. The first-order chi connectivity index (χ1) is 18.8. The highest BCUT2D eigenvalue weighted by Crippen LogP contribution is 2.42. The molecule has 38 heavy (non-hydrogen) atoms. The molecule has 6 rings (SSSR count). The minimum atomic E-state index is 0.529. The molecule has 3 aromatic carbocycles. The van der Waals surface area contributed by atoms with Crippen molar-refractivity contribution in [3.8, 4) is 22.6 Å². The third kappa shape index (κ3) is 4.48. The Morgan fingerprint density at radius 2 is 1.32 bits per heavy atom. The van der Waals surface area contributed by atoms with Crippen LogP contribution in [0.2, 0.25) is 0 Å². The maximum Gasteiger partial charge on any atom is 0.143 e. The highest BCUT2D eigenvalue weighted by atomic mass is 16.5. The number of pyridine rings is 1. The van der Waals surface area contributed by atoms with E-state index in [4.69, 9.17) is 14.2 Å². The number of rotatable bonds is 10. The van der Waals surface area contributed by atoms with E-state index in [0.717, 1.165) is 40.1 Å². The van der Waals surface area contributed by atoms with Gasteiger partial charge in [0.2, 0.25) is 0 Å². The van der Waals surface area contributed by atoms with Gasteiger partial charge in [0.1, 0.15) is 24.7 Å². The van der Waals surface area contributed by atoms with Crippen molar-refractivity contribution in [1.82, 2.24) is 4.40 Å². The van der Waals surface area contributed by atoms with Crippen molar-refractivity contribution in [3.05, 3.63) is 125 Å². The summed E-state index contributed by atoms with van der Waals surface area (Å²) in [6.07, 6.45) is 0.926. The number of nitrogens with zero attached hydrogens (tertiary/aromatic N) is 1. The molecule has 0 atom stereocenters. The number of aryl methyl sites for hydroxylation is 1. The Morgan fingerprint density at radius 1 is 0.658 bits per heavy atom. The van der Waals surface area contributed by atoms with Gasteiger partial charge in [-0.2, -0.15) is 0 Å². The molecule has 4 nitrogen and oxygen atoms in total. The molecule has 3 heterocycles. The summed E-state index contributed by atoms with van der Waals surface area (Å²) < 4.78 is 20.4. The average molecular weight is 502 g/mol. The lowest BCUT2D eigenvalue weighted by Crippen LogP contribution is -1.97. The van der Waals surface area contributed by atoms with Crippen LogP contribution in [0, 0.1) is 0 Å². The van der Waals surface area contributed by atoms with Crippen LogP contribution in [0.15, 0.2) is 103 Å². The first-order valence-electron chi connectivity index (χ1n) is 13.1. The molecule has 4 heteroatoms. The molecule has 0 aliphatic rings. The largest absolute Gasteiger partial charge is 0.489 e. The number of aromatic nitrogens is 1. The van der Waals surface area contributed by atoms with E-state index in [-0.39, 0.29) is 0 Å². The summed E-state index contributed by atoms with van der Waals surface area (Å²) in [6, 6.07) is 35.5. The minimum absolute atomic E-state index is 0.529. The van der Waals surface area contributed by atoms with E-state index in [1.54, 1.807) is 7.11 Å². The third-order valence-electron chi connectivity index (χ3n) is 7.10. The molecule has 0 unspecified atom stereocenters. The zero-order valence-electron chi connectivity index (χ0n) is 21.8. The van der Waals surface area contributed by atoms with Crippen LogP contribution in [-0.2, 0) is 31.0 Å². The second-order valence-electron chi connectivity index (χ2n) is 9.53. The van der Waals surface area contributed by atoms with Crippen LogP contribution in [-0.4, -0.2) is 11.5 Å². The molecule has 0 bridgehead atoms. The van der Waals surface area contributed by atoms with Crippen molar-refractivity contribution in [1.29, 1.82) is 0 Å². The minimum Gasteiger partial charge on any atom is -0.489 e. The van der Waals surface area contributed by atoms with Gasteiger partial charge in [0, 0.05) is 18.2 Å². The van der Waals surface area contributed by atoms with E-state index < -0.39 is 0 Å². The van der Waals surface area contributed by atoms with Crippen molar-refractivity contribution in [2.24, 2.45) is 0 Å². The quantitative estimate of drug-likeness (QED) is 0.190. The molecule has 3 aromatic heterocycles. The summed E-state index contributed by atoms with van der Waals surface area (Å²) in [6.45, 7) is 3.84. The standard InChI is InChI=1S/C34H31NO3/c1-3-29-30-18-19-32(38-22-25-12-8-5-9-13-25)31-20-27(23-36-2)34(35(30)31)33(29)26-14-16-28(17-15-26)37-21-24-10-6-4-7-11-24/h4-20H,3,21-23H2,1-2H3. The van der Waals surface area contributed by atoms with E-state index in [1.165, 1.54) is 27.7 Å². The van der Waals surface area contributed by atoms with E-state index >= 15 is 0 Å². The number of hydrogen-bond acceptors (Lipinski definition) is 3. The van der Waals surface area contributed by atoms with Crippen molar-refractivity contribution >= 4 is 16.6 Å². The fourth-order valence-electron chi connectivity index (χ4n) is 5.34. The lowest BCUT2D eigenvalue weighted by atomic mass is 9.98. The fraction of sp³-hybridized carbons (Fsp3) is 0.176. The Labute approximate surface area is 223 Å². The summed E-state index contributed by atoms with van der Waals surface area (Å²) in [4.78, 5) is 0. The molecule has 0 saturated carbocycles. The first kappa shape index (κ1) is 24.1. The van der Waals surface area contributed by atoms with Gasteiger partial charge in [0.15, 0.2) is 0 Å². The zero-order valence-corrected chi connectivity index (χ0v) is 21.8.